The molecule has 1 heterocycles. The molecule has 1 aliphatic rings. The third-order valence-corrected chi connectivity index (χ3v) is 4.31. The van der Waals surface area contributed by atoms with Crippen molar-refractivity contribution in [2.75, 3.05) is 5.32 Å². The van der Waals surface area contributed by atoms with Gasteiger partial charge in [-0.3, -0.25) is 14.8 Å². The fraction of sp³-hybridized carbons (Fsp3) is 0.438. The molecule has 1 fully saturated rings. The van der Waals surface area contributed by atoms with Crippen molar-refractivity contribution in [1.82, 2.24) is 9.97 Å². The van der Waals surface area contributed by atoms with Crippen LogP contribution in [0.15, 0.2) is 30.6 Å². The normalized spacial score (nSPS) is 24.5. The van der Waals surface area contributed by atoms with Gasteiger partial charge in [-0.25, -0.2) is 0 Å². The van der Waals surface area contributed by atoms with Gasteiger partial charge in [0.05, 0.1) is 17.0 Å². The molecule has 1 aromatic carbocycles. The molecule has 2 unspecified atom stereocenters. The van der Waals surface area contributed by atoms with Crippen LogP contribution in [0.5, 0.6) is 0 Å². The molecule has 6 heteroatoms. The van der Waals surface area contributed by atoms with E-state index in [2.05, 4.69) is 15.3 Å². The lowest BCUT2D eigenvalue weighted by atomic mass is 9.74. The van der Waals surface area contributed by atoms with Crippen molar-refractivity contribution in [3.63, 3.8) is 0 Å². The Morgan fingerprint density at radius 2 is 2.00 bits per heavy atom. The average Bonchev–Trinajstić information content (AvgIpc) is 2.46. The van der Waals surface area contributed by atoms with Gasteiger partial charge in [0, 0.05) is 23.6 Å². The second-order valence-electron chi connectivity index (χ2n) is 6.05. The highest BCUT2D eigenvalue weighted by Gasteiger charge is 2.37. The highest BCUT2D eigenvalue weighted by atomic mass is 35.5. The number of hydrogen-bond donors (Lipinski definition) is 2. The zero-order valence-corrected chi connectivity index (χ0v) is 13.4. The zero-order chi connectivity index (χ0) is 14.9. The lowest BCUT2D eigenvalue weighted by Gasteiger charge is -2.37. The second kappa shape index (κ2) is 6.58. The Kier molecular flexibility index (Phi) is 4.98. The molecule has 1 saturated carbocycles. The van der Waals surface area contributed by atoms with Crippen LogP contribution in [0, 0.1) is 5.92 Å². The summed E-state index contributed by atoms with van der Waals surface area (Å²) in [7, 11) is 0. The molecular formula is C16H21ClN4O. The minimum atomic E-state index is -0.418. The average molecular weight is 321 g/mol. The fourth-order valence-electron chi connectivity index (χ4n) is 3.06. The van der Waals surface area contributed by atoms with E-state index in [1.165, 1.54) is 0 Å². The predicted octanol–water partition coefficient (Wildman–Crippen LogP) is 2.90. The van der Waals surface area contributed by atoms with Crippen molar-refractivity contribution in [2.45, 2.75) is 38.1 Å². The van der Waals surface area contributed by atoms with E-state index in [1.54, 1.807) is 12.4 Å². The van der Waals surface area contributed by atoms with Gasteiger partial charge in [0.1, 0.15) is 0 Å². The van der Waals surface area contributed by atoms with Crippen LogP contribution in [0.4, 0.5) is 5.69 Å². The molecule has 0 spiro atoms. The van der Waals surface area contributed by atoms with Crippen molar-refractivity contribution in [3.8, 4) is 0 Å². The van der Waals surface area contributed by atoms with Crippen LogP contribution in [0.25, 0.3) is 11.0 Å². The summed E-state index contributed by atoms with van der Waals surface area (Å²) < 4.78 is 0. The number of carbonyl (C=O) groups excluding carboxylic acids is 1. The number of aromatic nitrogens is 2. The van der Waals surface area contributed by atoms with Crippen molar-refractivity contribution < 1.29 is 4.79 Å². The number of rotatable bonds is 2. The number of halogens is 1. The molecule has 0 aliphatic heterocycles. The van der Waals surface area contributed by atoms with Crippen LogP contribution in [-0.4, -0.2) is 21.4 Å². The van der Waals surface area contributed by atoms with E-state index in [0.717, 1.165) is 42.4 Å². The van der Waals surface area contributed by atoms with Gasteiger partial charge < -0.3 is 11.1 Å². The molecule has 1 aliphatic carbocycles. The molecule has 5 nitrogen and oxygen atoms in total. The van der Waals surface area contributed by atoms with Crippen molar-refractivity contribution >= 4 is 35.0 Å². The van der Waals surface area contributed by atoms with Gasteiger partial charge in [-0.15, -0.1) is 12.4 Å². The molecule has 3 rings (SSSR count). The van der Waals surface area contributed by atoms with Gasteiger partial charge in [0.25, 0.3) is 0 Å². The van der Waals surface area contributed by atoms with E-state index >= 15 is 0 Å². The summed E-state index contributed by atoms with van der Waals surface area (Å²) in [5.41, 5.74) is 8.20. The van der Waals surface area contributed by atoms with E-state index < -0.39 is 5.54 Å². The Balaban J connectivity index is 0.00000176. The molecule has 2 aromatic rings. The molecular weight excluding hydrogens is 300 g/mol. The minimum absolute atomic E-state index is 0. The van der Waals surface area contributed by atoms with E-state index in [9.17, 15) is 4.79 Å². The summed E-state index contributed by atoms with van der Waals surface area (Å²) in [5, 5.41) is 2.97. The molecule has 2 atom stereocenters. The van der Waals surface area contributed by atoms with Gasteiger partial charge in [-0.1, -0.05) is 12.8 Å². The summed E-state index contributed by atoms with van der Waals surface area (Å²) in [6.45, 7) is 1.97. The topological polar surface area (TPSA) is 80.9 Å². The third kappa shape index (κ3) is 3.36. The summed E-state index contributed by atoms with van der Waals surface area (Å²) in [6, 6.07) is 5.56. The summed E-state index contributed by atoms with van der Waals surface area (Å²) in [6.07, 6.45) is 7.21. The maximum absolute atomic E-state index is 12.5. The van der Waals surface area contributed by atoms with Crippen molar-refractivity contribution in [1.29, 1.82) is 0 Å². The lowest BCUT2D eigenvalue weighted by Crippen LogP contribution is -2.51. The molecule has 0 saturated heterocycles. The highest BCUT2D eigenvalue weighted by Crippen LogP contribution is 2.32. The largest absolute Gasteiger partial charge is 0.326 e. The molecule has 3 N–H and O–H groups in total. The Morgan fingerprint density at radius 3 is 2.73 bits per heavy atom. The van der Waals surface area contributed by atoms with Gasteiger partial charge >= 0.3 is 0 Å². The number of anilines is 1. The number of hydrogen-bond acceptors (Lipinski definition) is 4. The van der Waals surface area contributed by atoms with E-state index in [-0.39, 0.29) is 24.2 Å². The van der Waals surface area contributed by atoms with Crippen molar-refractivity contribution in [2.24, 2.45) is 11.7 Å². The van der Waals surface area contributed by atoms with Gasteiger partial charge in [-0.2, -0.15) is 0 Å². The van der Waals surface area contributed by atoms with Crippen LogP contribution in [0.3, 0.4) is 0 Å². The zero-order valence-electron chi connectivity index (χ0n) is 12.6. The van der Waals surface area contributed by atoms with E-state index in [4.69, 9.17) is 5.73 Å². The Hall–Kier alpha value is -1.72. The number of nitrogens with one attached hydrogen (secondary N) is 1. The Labute approximate surface area is 136 Å². The smallest absolute Gasteiger partial charge is 0.229 e. The number of benzene rings is 1. The Bertz CT molecular complexity index is 674. The van der Waals surface area contributed by atoms with E-state index in [0.29, 0.717) is 0 Å². The molecule has 0 radical (unpaired) electrons. The van der Waals surface area contributed by atoms with Gasteiger partial charge in [-0.05, 0) is 38.0 Å². The summed E-state index contributed by atoms with van der Waals surface area (Å²) in [4.78, 5) is 21.0. The maximum Gasteiger partial charge on any atom is 0.229 e. The van der Waals surface area contributed by atoms with Crippen LogP contribution in [-0.2, 0) is 4.79 Å². The van der Waals surface area contributed by atoms with E-state index in [1.807, 2.05) is 25.1 Å². The first kappa shape index (κ1) is 16.6. The monoisotopic (exact) mass is 320 g/mol. The van der Waals surface area contributed by atoms with Crippen molar-refractivity contribution in [3.05, 3.63) is 30.6 Å². The lowest BCUT2D eigenvalue weighted by molar-refractivity contribution is -0.122. The maximum atomic E-state index is 12.5. The van der Waals surface area contributed by atoms with Crippen LogP contribution < -0.4 is 11.1 Å². The minimum Gasteiger partial charge on any atom is -0.326 e. The fourth-order valence-corrected chi connectivity index (χ4v) is 3.06. The number of nitrogens with zero attached hydrogens (tertiary/aromatic N) is 2. The molecule has 118 valence electrons. The Morgan fingerprint density at radius 1 is 1.27 bits per heavy atom. The number of amides is 1. The van der Waals surface area contributed by atoms with Crippen LogP contribution >= 0.6 is 12.4 Å². The van der Waals surface area contributed by atoms with Crippen LogP contribution in [0.2, 0.25) is 0 Å². The van der Waals surface area contributed by atoms with Gasteiger partial charge in [0.2, 0.25) is 5.91 Å². The quantitative estimate of drug-likeness (QED) is 0.891. The molecule has 22 heavy (non-hydrogen) atoms. The summed E-state index contributed by atoms with van der Waals surface area (Å²) >= 11 is 0. The first-order chi connectivity index (χ1) is 10.1. The summed E-state index contributed by atoms with van der Waals surface area (Å²) in [5.74, 6) is -0.133. The molecule has 0 bridgehead atoms. The standard InChI is InChI=1S/C16H20N4O.ClH/c1-16(17)7-3-2-4-12(16)15(21)20-11-5-6-13-14(10-11)19-9-8-18-13;/h5-6,8-10,12H,2-4,7,17H2,1H3,(H,20,21);1H. The first-order valence-corrected chi connectivity index (χ1v) is 7.37. The van der Waals surface area contributed by atoms with Crippen LogP contribution in [0.1, 0.15) is 32.6 Å². The number of carbonyl (C=O) groups is 1. The SMILES string of the molecule is CC1(N)CCCCC1C(=O)Nc1ccc2nccnc2c1.Cl. The highest BCUT2D eigenvalue weighted by molar-refractivity contribution is 5.95. The number of fused-ring (bicyclic) bond motifs is 1. The molecule has 1 amide bonds. The third-order valence-electron chi connectivity index (χ3n) is 4.31. The second-order valence-corrected chi connectivity index (χ2v) is 6.05. The predicted molar refractivity (Wildman–Crippen MR) is 90.0 cm³/mol. The van der Waals surface area contributed by atoms with Gasteiger partial charge in [0.15, 0.2) is 0 Å². The molecule has 1 aromatic heterocycles. The number of nitrogens with two attached hydrogens (primary N) is 1. The first-order valence-electron chi connectivity index (χ1n) is 7.37.